The highest BCUT2D eigenvalue weighted by atomic mass is 16.3. The van der Waals surface area contributed by atoms with Crippen LogP contribution in [-0.2, 0) is 0 Å². The molecule has 120 valence electrons. The van der Waals surface area contributed by atoms with Gasteiger partial charge >= 0.3 is 0 Å². The van der Waals surface area contributed by atoms with E-state index in [9.17, 15) is 4.79 Å². The zero-order chi connectivity index (χ0) is 17.1. The van der Waals surface area contributed by atoms with E-state index >= 15 is 0 Å². The van der Waals surface area contributed by atoms with Gasteiger partial charge in [-0.2, -0.15) is 5.26 Å². The van der Waals surface area contributed by atoms with Gasteiger partial charge < -0.3 is 9.32 Å². The predicted molar refractivity (Wildman–Crippen MR) is 86.4 cm³/mol. The number of benzene rings is 1. The third-order valence-electron chi connectivity index (χ3n) is 3.51. The molecule has 3 rings (SSSR count). The molecule has 0 saturated heterocycles. The van der Waals surface area contributed by atoms with Crippen LogP contribution in [-0.4, -0.2) is 39.2 Å². The molecule has 1 amide bonds. The molecule has 3 aromatic rings. The molecule has 24 heavy (non-hydrogen) atoms. The Morgan fingerprint density at radius 1 is 1.33 bits per heavy atom. The number of amides is 1. The van der Waals surface area contributed by atoms with Crippen LogP contribution in [0.2, 0.25) is 0 Å². The zero-order valence-corrected chi connectivity index (χ0v) is 13.3. The first-order valence-electron chi connectivity index (χ1n) is 7.29. The molecule has 1 aromatic carbocycles. The standard InChI is InChI=1S/C17H15N5O2/c1-12-3-5-14(6-4-12)22-16(13-7-10-24-11-13)19-15(20-22)17(23)21(2)9-8-18/h3-7,10-11H,9H2,1-2H3. The van der Waals surface area contributed by atoms with Crippen molar-refractivity contribution in [2.45, 2.75) is 6.92 Å². The van der Waals surface area contributed by atoms with Crippen molar-refractivity contribution in [3.05, 3.63) is 54.2 Å². The third kappa shape index (κ3) is 2.90. The Bertz CT molecular complexity index is 888. The minimum Gasteiger partial charge on any atom is -0.472 e. The van der Waals surface area contributed by atoms with E-state index in [0.717, 1.165) is 11.3 Å². The normalized spacial score (nSPS) is 10.4. The first-order valence-corrected chi connectivity index (χ1v) is 7.29. The molecule has 0 aliphatic carbocycles. The number of carbonyl (C=O) groups is 1. The predicted octanol–water partition coefficient (Wildman–Crippen LogP) is 2.43. The summed E-state index contributed by atoms with van der Waals surface area (Å²) in [4.78, 5) is 18.0. The second-order valence-electron chi connectivity index (χ2n) is 5.34. The van der Waals surface area contributed by atoms with Gasteiger partial charge in [-0.25, -0.2) is 9.67 Å². The van der Waals surface area contributed by atoms with Crippen molar-refractivity contribution in [2.75, 3.05) is 13.6 Å². The van der Waals surface area contributed by atoms with Crippen LogP contribution >= 0.6 is 0 Å². The van der Waals surface area contributed by atoms with Gasteiger partial charge in [0.1, 0.15) is 12.8 Å². The molecular weight excluding hydrogens is 306 g/mol. The minimum absolute atomic E-state index is 0.0288. The lowest BCUT2D eigenvalue weighted by molar-refractivity contribution is 0.0800. The monoisotopic (exact) mass is 321 g/mol. The van der Waals surface area contributed by atoms with Crippen LogP contribution in [0.4, 0.5) is 0 Å². The molecule has 0 aliphatic rings. The maximum Gasteiger partial charge on any atom is 0.294 e. The summed E-state index contributed by atoms with van der Waals surface area (Å²) in [7, 11) is 1.54. The average Bonchev–Trinajstić information content (AvgIpc) is 3.24. The summed E-state index contributed by atoms with van der Waals surface area (Å²) in [5.74, 6) is 0.123. The van der Waals surface area contributed by atoms with E-state index < -0.39 is 5.91 Å². The highest BCUT2D eigenvalue weighted by Gasteiger charge is 2.21. The Labute approximate surface area is 138 Å². The molecule has 0 radical (unpaired) electrons. The number of aromatic nitrogens is 3. The van der Waals surface area contributed by atoms with Crippen LogP contribution in [0.3, 0.4) is 0 Å². The summed E-state index contributed by atoms with van der Waals surface area (Å²) in [6.07, 6.45) is 3.08. The van der Waals surface area contributed by atoms with E-state index in [1.165, 1.54) is 18.2 Å². The van der Waals surface area contributed by atoms with Gasteiger partial charge in [-0.05, 0) is 25.1 Å². The van der Waals surface area contributed by atoms with Gasteiger partial charge in [-0.3, -0.25) is 4.79 Å². The van der Waals surface area contributed by atoms with E-state index in [0.29, 0.717) is 11.4 Å². The van der Waals surface area contributed by atoms with Gasteiger partial charge in [0.05, 0.1) is 23.6 Å². The number of rotatable bonds is 4. The molecule has 0 saturated carbocycles. The van der Waals surface area contributed by atoms with Gasteiger partial charge in [0.25, 0.3) is 5.91 Å². The van der Waals surface area contributed by atoms with Crippen LogP contribution in [0.1, 0.15) is 16.2 Å². The van der Waals surface area contributed by atoms with Crippen LogP contribution in [0.15, 0.2) is 47.3 Å². The fourth-order valence-electron chi connectivity index (χ4n) is 2.20. The van der Waals surface area contributed by atoms with E-state index in [-0.39, 0.29) is 12.4 Å². The second kappa shape index (κ2) is 6.38. The molecule has 0 bridgehead atoms. The van der Waals surface area contributed by atoms with Crippen LogP contribution in [0, 0.1) is 18.3 Å². The molecule has 0 unspecified atom stereocenters. The number of nitrogens with zero attached hydrogens (tertiary/aromatic N) is 5. The first kappa shape index (κ1) is 15.5. The number of hydrogen-bond acceptors (Lipinski definition) is 5. The molecule has 0 spiro atoms. The van der Waals surface area contributed by atoms with Gasteiger partial charge in [-0.1, -0.05) is 17.7 Å². The largest absolute Gasteiger partial charge is 0.472 e. The molecule has 7 heteroatoms. The summed E-state index contributed by atoms with van der Waals surface area (Å²) in [5.41, 5.74) is 2.62. The molecule has 0 fully saturated rings. The van der Waals surface area contributed by atoms with Crippen molar-refractivity contribution >= 4 is 5.91 Å². The average molecular weight is 321 g/mol. The number of furan rings is 1. The Balaban J connectivity index is 2.08. The lowest BCUT2D eigenvalue weighted by Gasteiger charge is -2.09. The fraction of sp³-hybridized carbons (Fsp3) is 0.176. The van der Waals surface area contributed by atoms with Crippen LogP contribution in [0.5, 0.6) is 0 Å². The Morgan fingerprint density at radius 3 is 2.71 bits per heavy atom. The Morgan fingerprint density at radius 2 is 2.08 bits per heavy atom. The van der Waals surface area contributed by atoms with Crippen molar-refractivity contribution < 1.29 is 9.21 Å². The molecule has 2 aromatic heterocycles. The quantitative estimate of drug-likeness (QED) is 0.689. The summed E-state index contributed by atoms with van der Waals surface area (Å²) >= 11 is 0. The molecule has 2 heterocycles. The Kier molecular flexibility index (Phi) is 4.12. The minimum atomic E-state index is -0.410. The van der Waals surface area contributed by atoms with Crippen molar-refractivity contribution in [1.29, 1.82) is 5.26 Å². The second-order valence-corrected chi connectivity index (χ2v) is 5.34. The van der Waals surface area contributed by atoms with Gasteiger partial charge in [0.2, 0.25) is 5.82 Å². The lowest BCUT2D eigenvalue weighted by atomic mass is 10.2. The summed E-state index contributed by atoms with van der Waals surface area (Å²) < 4.78 is 6.71. The van der Waals surface area contributed by atoms with Crippen molar-refractivity contribution in [1.82, 2.24) is 19.7 Å². The molecule has 7 nitrogen and oxygen atoms in total. The fourth-order valence-corrected chi connectivity index (χ4v) is 2.20. The zero-order valence-electron chi connectivity index (χ0n) is 13.3. The number of carbonyl (C=O) groups excluding carboxylic acids is 1. The van der Waals surface area contributed by atoms with E-state index in [1.54, 1.807) is 17.0 Å². The van der Waals surface area contributed by atoms with E-state index in [4.69, 9.17) is 9.68 Å². The van der Waals surface area contributed by atoms with Gasteiger partial charge in [0, 0.05) is 7.05 Å². The summed E-state index contributed by atoms with van der Waals surface area (Å²) in [5, 5.41) is 13.1. The van der Waals surface area contributed by atoms with Crippen molar-refractivity contribution in [2.24, 2.45) is 0 Å². The topological polar surface area (TPSA) is 88.0 Å². The van der Waals surface area contributed by atoms with Crippen molar-refractivity contribution in [3.8, 4) is 23.1 Å². The molecular formula is C17H15N5O2. The van der Waals surface area contributed by atoms with Crippen LogP contribution < -0.4 is 0 Å². The summed E-state index contributed by atoms with van der Waals surface area (Å²) in [6.45, 7) is 1.97. The highest BCUT2D eigenvalue weighted by molar-refractivity contribution is 5.91. The molecule has 0 aliphatic heterocycles. The Hall–Kier alpha value is -3.40. The lowest BCUT2D eigenvalue weighted by Crippen LogP contribution is -2.28. The summed E-state index contributed by atoms with van der Waals surface area (Å²) in [6, 6.07) is 11.4. The number of aryl methyl sites for hydroxylation is 1. The van der Waals surface area contributed by atoms with E-state index in [2.05, 4.69) is 10.1 Å². The smallest absolute Gasteiger partial charge is 0.294 e. The molecule has 0 atom stereocenters. The first-order chi connectivity index (χ1) is 11.6. The van der Waals surface area contributed by atoms with E-state index in [1.807, 2.05) is 37.3 Å². The highest BCUT2D eigenvalue weighted by Crippen LogP contribution is 2.22. The number of nitriles is 1. The van der Waals surface area contributed by atoms with Gasteiger partial charge in [-0.15, -0.1) is 5.10 Å². The number of hydrogen-bond donors (Lipinski definition) is 0. The SMILES string of the molecule is Cc1ccc(-n2nc(C(=O)N(C)CC#N)nc2-c2ccoc2)cc1. The third-order valence-corrected chi connectivity index (χ3v) is 3.51. The van der Waals surface area contributed by atoms with Crippen molar-refractivity contribution in [3.63, 3.8) is 0 Å². The maximum atomic E-state index is 12.4. The van der Waals surface area contributed by atoms with Crippen LogP contribution in [0.25, 0.3) is 17.1 Å². The molecule has 0 N–H and O–H groups in total. The van der Waals surface area contributed by atoms with Gasteiger partial charge in [0.15, 0.2) is 5.82 Å². The maximum absolute atomic E-state index is 12.4.